The third kappa shape index (κ3) is 5.13. The Balaban J connectivity index is 2.60. The zero-order valence-corrected chi connectivity index (χ0v) is 13.2. The van der Waals surface area contributed by atoms with Gasteiger partial charge in [0.25, 0.3) is 0 Å². The minimum Gasteiger partial charge on any atom is -0.445 e. The molecule has 0 bridgehead atoms. The smallest absolute Gasteiger partial charge is 0.410 e. The van der Waals surface area contributed by atoms with Gasteiger partial charge >= 0.3 is 6.09 Å². The summed E-state index contributed by atoms with van der Waals surface area (Å²) in [6, 6.07) is -0.697. The first kappa shape index (κ1) is 18.1. The molecule has 2 atom stereocenters. The van der Waals surface area contributed by atoms with Crippen LogP contribution in [-0.4, -0.2) is 54.5 Å². The standard InChI is InChI=1S/C16H23NO5/c1-5-11(2)6-7-12(3)10-22-16(20)17-9-13(18)8-14(17)15(19)21-4/h5-7,14-15,19H,1,8-10H2,2-4H3/b11-6-,12-7+/t14-,15?/m0/s1. The van der Waals surface area contributed by atoms with Crippen molar-refractivity contribution in [3.63, 3.8) is 0 Å². The number of hydrogen-bond acceptors (Lipinski definition) is 5. The molecule has 1 saturated heterocycles. The Morgan fingerprint density at radius 3 is 2.77 bits per heavy atom. The molecule has 0 aromatic heterocycles. The second-order valence-corrected chi connectivity index (χ2v) is 5.25. The van der Waals surface area contributed by atoms with E-state index in [-0.39, 0.29) is 25.4 Å². The van der Waals surface area contributed by atoms with Crippen LogP contribution >= 0.6 is 0 Å². The van der Waals surface area contributed by atoms with E-state index in [9.17, 15) is 14.7 Å². The van der Waals surface area contributed by atoms with E-state index in [1.54, 1.807) is 6.08 Å². The number of Topliss-reactive ketones (excluding diaryl/α,β-unsaturated/α-hetero) is 1. The van der Waals surface area contributed by atoms with E-state index in [1.165, 1.54) is 12.0 Å². The maximum atomic E-state index is 12.0. The van der Waals surface area contributed by atoms with Crippen molar-refractivity contribution in [2.45, 2.75) is 32.6 Å². The fraction of sp³-hybridized carbons (Fsp3) is 0.500. The number of ether oxygens (including phenoxy) is 2. The third-order valence-corrected chi connectivity index (χ3v) is 3.37. The van der Waals surface area contributed by atoms with Crippen molar-refractivity contribution < 1.29 is 24.2 Å². The van der Waals surface area contributed by atoms with Crippen LogP contribution in [0.5, 0.6) is 0 Å². The maximum absolute atomic E-state index is 12.0. The molecule has 0 radical (unpaired) electrons. The minimum atomic E-state index is -1.20. The van der Waals surface area contributed by atoms with Crippen LogP contribution in [0.4, 0.5) is 4.79 Å². The lowest BCUT2D eigenvalue weighted by molar-refractivity contribution is -0.120. The molecule has 0 aromatic carbocycles. The Kier molecular flexibility index (Phi) is 7.01. The number of aliphatic hydroxyl groups excluding tert-OH is 1. The summed E-state index contributed by atoms with van der Waals surface area (Å²) in [5, 5.41) is 9.69. The topological polar surface area (TPSA) is 76.1 Å². The van der Waals surface area contributed by atoms with Gasteiger partial charge in [-0.1, -0.05) is 30.4 Å². The Bertz CT molecular complexity index is 495. The summed E-state index contributed by atoms with van der Waals surface area (Å²) in [5.41, 5.74) is 1.85. The highest BCUT2D eigenvalue weighted by Gasteiger charge is 2.39. The SMILES string of the molecule is C=C/C(C)=C\C=C(/C)COC(=O)N1CC(=O)C[C@H]1C(O)OC. The molecule has 122 valence electrons. The van der Waals surface area contributed by atoms with Gasteiger partial charge in [-0.15, -0.1) is 0 Å². The molecule has 0 saturated carbocycles. The van der Waals surface area contributed by atoms with Gasteiger partial charge in [0.2, 0.25) is 0 Å². The van der Waals surface area contributed by atoms with Crippen LogP contribution in [0.3, 0.4) is 0 Å². The van der Waals surface area contributed by atoms with E-state index in [2.05, 4.69) is 6.58 Å². The summed E-state index contributed by atoms with van der Waals surface area (Å²) < 4.78 is 9.96. The van der Waals surface area contributed by atoms with Crippen LogP contribution in [0.15, 0.2) is 36.0 Å². The molecular formula is C16H23NO5. The predicted molar refractivity (Wildman–Crippen MR) is 82.2 cm³/mol. The lowest BCUT2D eigenvalue weighted by atomic mass is 10.2. The number of ketones is 1. The minimum absolute atomic E-state index is 0.0673. The lowest BCUT2D eigenvalue weighted by Crippen LogP contribution is -2.43. The van der Waals surface area contributed by atoms with Gasteiger partial charge < -0.3 is 14.6 Å². The average Bonchev–Trinajstić information content (AvgIpc) is 2.91. The summed E-state index contributed by atoms with van der Waals surface area (Å²) >= 11 is 0. The Hall–Kier alpha value is -1.92. The number of aliphatic hydroxyl groups is 1. The van der Waals surface area contributed by atoms with Crippen molar-refractivity contribution in [2.24, 2.45) is 0 Å². The molecule has 1 unspecified atom stereocenters. The van der Waals surface area contributed by atoms with Crippen molar-refractivity contribution in [3.05, 3.63) is 36.0 Å². The molecule has 6 heteroatoms. The number of methoxy groups -OCH3 is 1. The van der Waals surface area contributed by atoms with Crippen molar-refractivity contribution in [2.75, 3.05) is 20.3 Å². The van der Waals surface area contributed by atoms with Crippen LogP contribution in [0.25, 0.3) is 0 Å². The average molecular weight is 309 g/mol. The molecule has 0 aromatic rings. The summed E-state index contributed by atoms with van der Waals surface area (Å²) in [6.45, 7) is 7.43. The molecule has 1 N–H and O–H groups in total. The fourth-order valence-corrected chi connectivity index (χ4v) is 1.98. The number of amides is 1. The quantitative estimate of drug-likeness (QED) is 0.598. The summed E-state index contributed by atoms with van der Waals surface area (Å²) in [6.07, 6.45) is 3.66. The second kappa shape index (κ2) is 8.51. The van der Waals surface area contributed by atoms with E-state index in [0.717, 1.165) is 11.1 Å². The first-order chi connectivity index (χ1) is 10.4. The normalized spacial score (nSPS) is 21.0. The van der Waals surface area contributed by atoms with Gasteiger partial charge in [0.05, 0.1) is 12.6 Å². The molecule has 0 aliphatic carbocycles. The van der Waals surface area contributed by atoms with Crippen LogP contribution in [0, 0.1) is 0 Å². The Morgan fingerprint density at radius 2 is 2.18 bits per heavy atom. The Morgan fingerprint density at radius 1 is 1.50 bits per heavy atom. The van der Waals surface area contributed by atoms with Crippen LogP contribution in [-0.2, 0) is 14.3 Å². The van der Waals surface area contributed by atoms with Crippen molar-refractivity contribution >= 4 is 11.9 Å². The van der Waals surface area contributed by atoms with Crippen LogP contribution in [0.2, 0.25) is 0 Å². The van der Waals surface area contributed by atoms with Gasteiger partial charge in [-0.2, -0.15) is 0 Å². The summed E-state index contributed by atoms with van der Waals surface area (Å²) in [4.78, 5) is 24.7. The molecule has 0 spiro atoms. The Labute approximate surface area is 130 Å². The van der Waals surface area contributed by atoms with Gasteiger partial charge in [0.15, 0.2) is 12.1 Å². The van der Waals surface area contributed by atoms with E-state index in [4.69, 9.17) is 9.47 Å². The second-order valence-electron chi connectivity index (χ2n) is 5.25. The molecular weight excluding hydrogens is 286 g/mol. The number of carbonyl (C=O) groups is 2. The first-order valence-electron chi connectivity index (χ1n) is 7.01. The van der Waals surface area contributed by atoms with Crippen molar-refractivity contribution in [1.82, 2.24) is 4.90 Å². The molecule has 22 heavy (non-hydrogen) atoms. The highest BCUT2D eigenvalue weighted by molar-refractivity contribution is 5.88. The number of nitrogens with zero attached hydrogens (tertiary/aromatic N) is 1. The van der Waals surface area contributed by atoms with E-state index in [1.807, 2.05) is 26.0 Å². The largest absolute Gasteiger partial charge is 0.445 e. The number of rotatable bonds is 6. The number of likely N-dealkylation sites (tertiary alicyclic amines) is 1. The van der Waals surface area contributed by atoms with Crippen LogP contribution < -0.4 is 0 Å². The highest BCUT2D eigenvalue weighted by atomic mass is 16.6. The molecule has 1 aliphatic rings. The van der Waals surface area contributed by atoms with E-state index >= 15 is 0 Å². The first-order valence-corrected chi connectivity index (χ1v) is 7.01. The molecule has 1 fully saturated rings. The van der Waals surface area contributed by atoms with Gasteiger partial charge in [-0.25, -0.2) is 4.79 Å². The van der Waals surface area contributed by atoms with Gasteiger partial charge in [0.1, 0.15) is 6.61 Å². The molecule has 1 rings (SSSR count). The van der Waals surface area contributed by atoms with Crippen LogP contribution in [0.1, 0.15) is 20.3 Å². The maximum Gasteiger partial charge on any atom is 0.410 e. The monoisotopic (exact) mass is 309 g/mol. The fourth-order valence-electron chi connectivity index (χ4n) is 1.98. The summed E-state index contributed by atoms with van der Waals surface area (Å²) in [5.74, 6) is -0.130. The van der Waals surface area contributed by atoms with Gasteiger partial charge in [0, 0.05) is 13.5 Å². The number of hydrogen-bond donors (Lipinski definition) is 1. The highest BCUT2D eigenvalue weighted by Crippen LogP contribution is 2.19. The lowest BCUT2D eigenvalue weighted by Gasteiger charge is -2.26. The molecule has 1 amide bonds. The number of allylic oxidation sites excluding steroid dienone is 4. The zero-order chi connectivity index (χ0) is 16.7. The third-order valence-electron chi connectivity index (χ3n) is 3.37. The van der Waals surface area contributed by atoms with E-state index < -0.39 is 18.4 Å². The molecule has 1 aliphatic heterocycles. The zero-order valence-electron chi connectivity index (χ0n) is 13.2. The predicted octanol–water partition coefficient (Wildman–Crippen LogP) is 1.81. The molecule has 6 nitrogen and oxygen atoms in total. The van der Waals surface area contributed by atoms with Crippen molar-refractivity contribution in [3.8, 4) is 0 Å². The molecule has 1 heterocycles. The van der Waals surface area contributed by atoms with E-state index in [0.29, 0.717) is 0 Å². The number of carbonyl (C=O) groups excluding carboxylic acids is 2. The summed E-state index contributed by atoms with van der Waals surface area (Å²) in [7, 11) is 1.32. The van der Waals surface area contributed by atoms with Gasteiger partial charge in [-0.05, 0) is 19.4 Å². The van der Waals surface area contributed by atoms with Crippen molar-refractivity contribution in [1.29, 1.82) is 0 Å². The van der Waals surface area contributed by atoms with Gasteiger partial charge in [-0.3, -0.25) is 9.69 Å².